The van der Waals surface area contributed by atoms with Gasteiger partial charge in [0, 0.05) is 13.1 Å². The second kappa shape index (κ2) is 9.21. The number of carbonyl (C=O) groups excluding carboxylic acids is 1. The molecule has 0 aliphatic carbocycles. The molecule has 3 aromatic rings. The van der Waals surface area contributed by atoms with Crippen LogP contribution in [0.4, 0.5) is 0 Å². The van der Waals surface area contributed by atoms with Crippen molar-refractivity contribution in [3.05, 3.63) is 70.4 Å². The number of thiophene rings is 1. The van der Waals surface area contributed by atoms with Crippen LogP contribution in [0.1, 0.15) is 25.3 Å². The molecule has 7 heteroatoms. The average Bonchev–Trinajstić information content (AvgIpc) is 3.18. The number of fused-ring (bicyclic) bond motifs is 1. The van der Waals surface area contributed by atoms with Crippen LogP contribution < -0.4 is 10.9 Å². The summed E-state index contributed by atoms with van der Waals surface area (Å²) < 4.78 is 1.57. The fourth-order valence-electron chi connectivity index (χ4n) is 2.82. The number of carbonyl (C=O) groups is 1. The van der Waals surface area contributed by atoms with Crippen molar-refractivity contribution in [3.8, 4) is 0 Å². The first-order valence-corrected chi connectivity index (χ1v) is 10.9. The van der Waals surface area contributed by atoms with Crippen molar-refractivity contribution in [1.82, 2.24) is 14.9 Å². The molecule has 1 amide bonds. The maximum atomic E-state index is 12.7. The van der Waals surface area contributed by atoms with E-state index in [1.807, 2.05) is 30.5 Å². The molecule has 3 rings (SSSR count). The van der Waals surface area contributed by atoms with Crippen LogP contribution >= 0.6 is 23.1 Å². The number of rotatable bonds is 8. The van der Waals surface area contributed by atoms with Crippen molar-refractivity contribution in [2.75, 3.05) is 6.54 Å². The number of allylic oxidation sites excluding steroid dienone is 1. The van der Waals surface area contributed by atoms with Crippen LogP contribution in [0.5, 0.6) is 0 Å². The molecule has 0 saturated carbocycles. The molecule has 2 atom stereocenters. The molecule has 2 aromatic heterocycles. The zero-order chi connectivity index (χ0) is 20.1. The van der Waals surface area contributed by atoms with Gasteiger partial charge in [0.05, 0.1) is 10.6 Å². The smallest absolute Gasteiger partial charge is 0.263 e. The van der Waals surface area contributed by atoms with Crippen molar-refractivity contribution in [1.29, 1.82) is 0 Å². The Labute approximate surface area is 172 Å². The summed E-state index contributed by atoms with van der Waals surface area (Å²) in [6, 6.07) is 11.9. The van der Waals surface area contributed by atoms with Gasteiger partial charge in [-0.25, -0.2) is 4.98 Å². The standard InChI is InChI=1S/C21H23N3O2S2/c1-4-11-24-20(26)17-10-12-27-19(17)23-21(24)28-15(3)18(25)22-13-14(2)16-8-6-5-7-9-16/h4-10,12,14-15H,1,11,13H2,2-3H3,(H,22,25). The largest absolute Gasteiger partial charge is 0.355 e. The maximum absolute atomic E-state index is 12.7. The first kappa shape index (κ1) is 20.4. The number of benzene rings is 1. The van der Waals surface area contributed by atoms with Crippen molar-refractivity contribution in [2.45, 2.75) is 36.7 Å². The van der Waals surface area contributed by atoms with E-state index in [4.69, 9.17) is 0 Å². The van der Waals surface area contributed by atoms with Gasteiger partial charge < -0.3 is 5.32 Å². The van der Waals surface area contributed by atoms with Gasteiger partial charge in [0.25, 0.3) is 5.56 Å². The van der Waals surface area contributed by atoms with Crippen LogP contribution in [-0.4, -0.2) is 27.3 Å². The van der Waals surface area contributed by atoms with Gasteiger partial charge >= 0.3 is 0 Å². The van der Waals surface area contributed by atoms with E-state index in [9.17, 15) is 9.59 Å². The van der Waals surface area contributed by atoms with Gasteiger partial charge in [-0.1, -0.05) is 55.1 Å². The van der Waals surface area contributed by atoms with E-state index >= 15 is 0 Å². The molecule has 0 saturated heterocycles. The van der Waals surface area contributed by atoms with Gasteiger partial charge in [-0.2, -0.15) is 0 Å². The number of nitrogens with one attached hydrogen (secondary N) is 1. The third-order valence-electron chi connectivity index (χ3n) is 4.46. The molecule has 1 aromatic carbocycles. The molecular formula is C21H23N3O2S2. The number of hydrogen-bond acceptors (Lipinski definition) is 5. The van der Waals surface area contributed by atoms with Crippen LogP contribution in [0, 0.1) is 0 Å². The predicted octanol–water partition coefficient (Wildman–Crippen LogP) is 4.04. The third kappa shape index (κ3) is 4.54. The highest BCUT2D eigenvalue weighted by molar-refractivity contribution is 8.00. The van der Waals surface area contributed by atoms with Gasteiger partial charge in [-0.05, 0) is 29.9 Å². The zero-order valence-electron chi connectivity index (χ0n) is 15.9. The Morgan fingerprint density at radius 2 is 2.07 bits per heavy atom. The number of hydrogen-bond donors (Lipinski definition) is 1. The monoisotopic (exact) mass is 413 g/mol. The third-order valence-corrected chi connectivity index (χ3v) is 6.36. The minimum Gasteiger partial charge on any atom is -0.355 e. The average molecular weight is 414 g/mol. The topological polar surface area (TPSA) is 64.0 Å². The van der Waals surface area contributed by atoms with Crippen LogP contribution in [0.2, 0.25) is 0 Å². The Bertz CT molecular complexity index is 1030. The normalized spacial score (nSPS) is 13.2. The van der Waals surface area contributed by atoms with Crippen LogP contribution in [0.15, 0.2) is 64.4 Å². The van der Waals surface area contributed by atoms with Crippen molar-refractivity contribution < 1.29 is 4.79 Å². The quantitative estimate of drug-likeness (QED) is 0.344. The fraction of sp³-hybridized carbons (Fsp3) is 0.286. The summed E-state index contributed by atoms with van der Waals surface area (Å²) in [5.41, 5.74) is 1.09. The van der Waals surface area contributed by atoms with Crippen LogP contribution in [0.25, 0.3) is 10.2 Å². The molecule has 2 unspecified atom stereocenters. The van der Waals surface area contributed by atoms with E-state index in [0.717, 1.165) is 0 Å². The lowest BCUT2D eigenvalue weighted by Gasteiger charge is -2.17. The molecule has 28 heavy (non-hydrogen) atoms. The molecule has 0 radical (unpaired) electrons. The van der Waals surface area contributed by atoms with E-state index in [0.29, 0.717) is 28.5 Å². The lowest BCUT2D eigenvalue weighted by atomic mass is 10.0. The van der Waals surface area contributed by atoms with Crippen molar-refractivity contribution in [3.63, 3.8) is 0 Å². The highest BCUT2D eigenvalue weighted by Gasteiger charge is 2.20. The minimum atomic E-state index is -0.372. The number of amides is 1. The van der Waals surface area contributed by atoms with Crippen LogP contribution in [-0.2, 0) is 11.3 Å². The molecule has 0 spiro atoms. The first-order chi connectivity index (χ1) is 13.5. The molecule has 0 bridgehead atoms. The Kier molecular flexibility index (Phi) is 6.70. The first-order valence-electron chi connectivity index (χ1n) is 9.09. The lowest BCUT2D eigenvalue weighted by molar-refractivity contribution is -0.120. The lowest BCUT2D eigenvalue weighted by Crippen LogP contribution is -2.34. The molecule has 0 aliphatic rings. The van der Waals surface area contributed by atoms with E-state index in [1.54, 1.807) is 16.7 Å². The highest BCUT2D eigenvalue weighted by Crippen LogP contribution is 2.25. The van der Waals surface area contributed by atoms with E-state index in [2.05, 4.69) is 35.9 Å². The second-order valence-electron chi connectivity index (χ2n) is 6.56. The van der Waals surface area contributed by atoms with Crippen LogP contribution in [0.3, 0.4) is 0 Å². The summed E-state index contributed by atoms with van der Waals surface area (Å²) in [6.07, 6.45) is 1.66. The summed E-state index contributed by atoms with van der Waals surface area (Å²) in [5.74, 6) is 0.153. The second-order valence-corrected chi connectivity index (χ2v) is 8.76. The Morgan fingerprint density at radius 1 is 1.32 bits per heavy atom. The van der Waals surface area contributed by atoms with E-state index in [-0.39, 0.29) is 22.6 Å². The molecule has 0 aliphatic heterocycles. The molecular weight excluding hydrogens is 390 g/mol. The predicted molar refractivity (Wildman–Crippen MR) is 117 cm³/mol. The van der Waals surface area contributed by atoms with Gasteiger partial charge in [0.2, 0.25) is 5.91 Å². The molecule has 1 N–H and O–H groups in total. The molecule has 5 nitrogen and oxygen atoms in total. The fourth-order valence-corrected chi connectivity index (χ4v) is 4.57. The minimum absolute atomic E-state index is 0.0709. The molecule has 2 heterocycles. The van der Waals surface area contributed by atoms with Gasteiger partial charge in [0.15, 0.2) is 5.16 Å². The van der Waals surface area contributed by atoms with E-state index in [1.165, 1.54) is 28.7 Å². The van der Waals surface area contributed by atoms with E-state index < -0.39 is 0 Å². The van der Waals surface area contributed by atoms with Gasteiger partial charge in [0.1, 0.15) is 4.83 Å². The highest BCUT2D eigenvalue weighted by atomic mass is 32.2. The summed E-state index contributed by atoms with van der Waals surface area (Å²) >= 11 is 2.72. The Balaban J connectivity index is 1.70. The Hall–Kier alpha value is -2.38. The summed E-state index contributed by atoms with van der Waals surface area (Å²) in [7, 11) is 0. The molecule has 146 valence electrons. The number of thioether (sulfide) groups is 1. The number of aromatic nitrogens is 2. The zero-order valence-corrected chi connectivity index (χ0v) is 17.6. The number of nitrogens with zero attached hydrogens (tertiary/aromatic N) is 2. The molecule has 0 fully saturated rings. The SMILES string of the molecule is C=CCn1c(SC(C)C(=O)NCC(C)c2ccccc2)nc2sccc2c1=O. The van der Waals surface area contributed by atoms with Crippen molar-refractivity contribution >= 4 is 39.2 Å². The van der Waals surface area contributed by atoms with Crippen molar-refractivity contribution in [2.24, 2.45) is 0 Å². The maximum Gasteiger partial charge on any atom is 0.263 e. The Morgan fingerprint density at radius 3 is 2.79 bits per heavy atom. The summed E-state index contributed by atoms with van der Waals surface area (Å²) in [6.45, 7) is 8.56. The van der Waals surface area contributed by atoms with Gasteiger partial charge in [-0.15, -0.1) is 17.9 Å². The van der Waals surface area contributed by atoms with Gasteiger partial charge in [-0.3, -0.25) is 14.2 Å². The summed E-state index contributed by atoms with van der Waals surface area (Å²) in [5, 5.41) is 5.63. The summed E-state index contributed by atoms with van der Waals surface area (Å²) in [4.78, 5) is 30.6.